The van der Waals surface area contributed by atoms with Crippen LogP contribution in [0.2, 0.25) is 0 Å². The predicted molar refractivity (Wildman–Crippen MR) is 114 cm³/mol. The van der Waals surface area contributed by atoms with Crippen molar-refractivity contribution in [2.75, 3.05) is 4.90 Å². The molecule has 0 radical (unpaired) electrons. The van der Waals surface area contributed by atoms with Crippen LogP contribution in [0.15, 0.2) is 82.0 Å². The van der Waals surface area contributed by atoms with Crippen LogP contribution in [0, 0.1) is 5.82 Å². The number of amides is 1. The summed E-state index contributed by atoms with van der Waals surface area (Å²) in [5.74, 6) is -1.18. The average Bonchev–Trinajstić information content (AvgIpc) is 3.07. The van der Waals surface area contributed by atoms with Gasteiger partial charge >= 0.3 is 0 Å². The Labute approximate surface area is 176 Å². The molecule has 1 atom stereocenters. The number of benzene rings is 3. The highest BCUT2D eigenvalue weighted by atomic mass is 19.1. The lowest BCUT2D eigenvalue weighted by Gasteiger charge is -2.25. The van der Waals surface area contributed by atoms with Gasteiger partial charge in [0.25, 0.3) is 5.91 Å². The van der Waals surface area contributed by atoms with Gasteiger partial charge < -0.3 is 4.42 Å². The van der Waals surface area contributed by atoms with E-state index >= 15 is 0 Å². The molecule has 0 N–H and O–H groups in total. The molecule has 0 spiro atoms. The second kappa shape index (κ2) is 7.02. The van der Waals surface area contributed by atoms with Crippen molar-refractivity contribution in [2.24, 2.45) is 0 Å². The molecule has 2 heterocycles. The number of fused-ring (bicyclic) bond motifs is 2. The Kier molecular flexibility index (Phi) is 4.29. The van der Waals surface area contributed by atoms with E-state index < -0.39 is 23.2 Å². The van der Waals surface area contributed by atoms with E-state index in [1.54, 1.807) is 24.3 Å². The molecule has 1 aliphatic heterocycles. The van der Waals surface area contributed by atoms with E-state index in [9.17, 15) is 18.8 Å². The maximum atomic E-state index is 13.8. The third kappa shape index (κ3) is 2.95. The van der Waals surface area contributed by atoms with Gasteiger partial charge in [-0.3, -0.25) is 19.3 Å². The molecule has 0 aliphatic carbocycles. The fourth-order valence-electron chi connectivity index (χ4n) is 4.02. The number of carbonyl (C=O) groups excluding carboxylic acids is 2. The second-order valence-corrected chi connectivity index (χ2v) is 7.41. The van der Waals surface area contributed by atoms with Crippen molar-refractivity contribution in [3.63, 3.8) is 0 Å². The monoisotopic (exact) mass is 413 g/mol. The van der Waals surface area contributed by atoms with Crippen molar-refractivity contribution in [1.82, 2.24) is 0 Å². The van der Waals surface area contributed by atoms with E-state index in [0.717, 1.165) is 6.07 Å². The van der Waals surface area contributed by atoms with Crippen molar-refractivity contribution in [2.45, 2.75) is 13.0 Å². The SMILES string of the molecule is CC(=O)c1ccc(N2C(=O)c3oc4ccc(F)cc4c(=O)c3C2c2ccccc2)cc1. The normalized spacial score (nSPS) is 15.4. The summed E-state index contributed by atoms with van der Waals surface area (Å²) < 4.78 is 19.6. The van der Waals surface area contributed by atoms with Crippen LogP contribution in [0.1, 0.15) is 45.0 Å². The van der Waals surface area contributed by atoms with E-state index in [4.69, 9.17) is 4.42 Å². The van der Waals surface area contributed by atoms with E-state index in [-0.39, 0.29) is 28.1 Å². The molecule has 0 bridgehead atoms. The van der Waals surface area contributed by atoms with Crippen molar-refractivity contribution < 1.29 is 18.4 Å². The zero-order chi connectivity index (χ0) is 21.7. The van der Waals surface area contributed by atoms with Gasteiger partial charge in [-0.1, -0.05) is 30.3 Å². The lowest BCUT2D eigenvalue weighted by molar-refractivity contribution is 0.0970. The number of anilines is 1. The highest BCUT2D eigenvalue weighted by Gasteiger charge is 2.43. The Morgan fingerprint density at radius 1 is 0.968 bits per heavy atom. The first-order valence-electron chi connectivity index (χ1n) is 9.71. The van der Waals surface area contributed by atoms with Crippen molar-refractivity contribution >= 4 is 28.3 Å². The van der Waals surface area contributed by atoms with Crippen LogP contribution in [-0.2, 0) is 0 Å². The van der Waals surface area contributed by atoms with E-state index in [2.05, 4.69) is 0 Å². The molecule has 0 saturated carbocycles. The summed E-state index contributed by atoms with van der Waals surface area (Å²) in [5.41, 5.74) is 1.63. The minimum atomic E-state index is -0.740. The van der Waals surface area contributed by atoms with Gasteiger partial charge in [-0.05, 0) is 55.0 Å². The van der Waals surface area contributed by atoms with E-state index in [0.29, 0.717) is 16.8 Å². The molecule has 6 heteroatoms. The second-order valence-electron chi connectivity index (χ2n) is 7.41. The number of rotatable bonds is 3. The summed E-state index contributed by atoms with van der Waals surface area (Å²) in [6, 6.07) is 18.6. The fourth-order valence-corrected chi connectivity index (χ4v) is 4.02. The largest absolute Gasteiger partial charge is 0.450 e. The number of nitrogens with zero attached hydrogens (tertiary/aromatic N) is 1. The summed E-state index contributed by atoms with van der Waals surface area (Å²) in [6.07, 6.45) is 0. The molecule has 5 rings (SSSR count). The van der Waals surface area contributed by atoms with Gasteiger partial charge in [-0.25, -0.2) is 4.39 Å². The number of halogens is 1. The van der Waals surface area contributed by atoms with Crippen molar-refractivity contribution in [1.29, 1.82) is 0 Å². The molecule has 1 amide bonds. The van der Waals surface area contributed by atoms with E-state index in [1.165, 1.54) is 24.0 Å². The van der Waals surface area contributed by atoms with Gasteiger partial charge in [0.05, 0.1) is 17.0 Å². The van der Waals surface area contributed by atoms with Gasteiger partial charge in [0.2, 0.25) is 5.76 Å². The van der Waals surface area contributed by atoms with Crippen LogP contribution in [0.25, 0.3) is 11.0 Å². The Morgan fingerprint density at radius 2 is 1.68 bits per heavy atom. The Balaban J connectivity index is 1.77. The molecule has 0 fully saturated rings. The van der Waals surface area contributed by atoms with Crippen LogP contribution in [0.3, 0.4) is 0 Å². The first-order chi connectivity index (χ1) is 15.0. The third-order valence-electron chi connectivity index (χ3n) is 5.50. The molecule has 4 aromatic rings. The summed E-state index contributed by atoms with van der Waals surface area (Å²) in [5, 5.41) is 0.0845. The predicted octanol–water partition coefficient (Wildman–Crippen LogP) is 4.88. The summed E-state index contributed by atoms with van der Waals surface area (Å²) in [6.45, 7) is 1.46. The maximum Gasteiger partial charge on any atom is 0.295 e. The quantitative estimate of drug-likeness (QED) is 0.449. The Hall–Kier alpha value is -4.06. The summed E-state index contributed by atoms with van der Waals surface area (Å²) in [7, 11) is 0. The van der Waals surface area contributed by atoms with Crippen molar-refractivity contribution in [3.8, 4) is 0 Å². The van der Waals surface area contributed by atoms with Crippen LogP contribution in [0.4, 0.5) is 10.1 Å². The van der Waals surface area contributed by atoms with Crippen molar-refractivity contribution in [3.05, 3.63) is 111 Å². The van der Waals surface area contributed by atoms with Gasteiger partial charge in [0.1, 0.15) is 11.4 Å². The van der Waals surface area contributed by atoms with Crippen LogP contribution < -0.4 is 10.3 Å². The number of carbonyl (C=O) groups is 2. The molecule has 1 aromatic heterocycles. The molecular weight excluding hydrogens is 397 g/mol. The molecule has 1 aliphatic rings. The molecule has 5 nitrogen and oxygen atoms in total. The number of ketones is 1. The minimum Gasteiger partial charge on any atom is -0.450 e. The highest BCUT2D eigenvalue weighted by Crippen LogP contribution is 2.41. The van der Waals surface area contributed by atoms with Gasteiger partial charge in [-0.2, -0.15) is 0 Å². The van der Waals surface area contributed by atoms with Crippen LogP contribution in [-0.4, -0.2) is 11.7 Å². The molecular formula is C25H16FNO4. The van der Waals surface area contributed by atoms with Crippen LogP contribution >= 0.6 is 0 Å². The van der Waals surface area contributed by atoms with E-state index in [1.807, 2.05) is 30.3 Å². The van der Waals surface area contributed by atoms with Gasteiger partial charge in [-0.15, -0.1) is 0 Å². The van der Waals surface area contributed by atoms with Crippen LogP contribution in [0.5, 0.6) is 0 Å². The summed E-state index contributed by atoms with van der Waals surface area (Å²) in [4.78, 5) is 39.9. The molecule has 3 aromatic carbocycles. The Bertz CT molecular complexity index is 1410. The Morgan fingerprint density at radius 3 is 2.35 bits per heavy atom. The maximum absolute atomic E-state index is 13.8. The molecule has 1 unspecified atom stereocenters. The topological polar surface area (TPSA) is 67.6 Å². The summed E-state index contributed by atoms with van der Waals surface area (Å²) >= 11 is 0. The molecule has 0 saturated heterocycles. The third-order valence-corrected chi connectivity index (χ3v) is 5.50. The van der Waals surface area contributed by atoms with Gasteiger partial charge in [0.15, 0.2) is 11.2 Å². The smallest absolute Gasteiger partial charge is 0.295 e. The first kappa shape index (κ1) is 18.9. The lowest BCUT2D eigenvalue weighted by Crippen LogP contribution is -2.29. The highest BCUT2D eigenvalue weighted by molar-refractivity contribution is 6.10. The molecule has 152 valence electrons. The zero-order valence-electron chi connectivity index (χ0n) is 16.5. The average molecular weight is 413 g/mol. The van der Waals surface area contributed by atoms with Gasteiger partial charge in [0, 0.05) is 11.3 Å². The fraction of sp³-hybridized carbons (Fsp3) is 0.0800. The minimum absolute atomic E-state index is 0.0615. The lowest BCUT2D eigenvalue weighted by atomic mass is 9.98. The standard InChI is InChI=1S/C25H16FNO4/c1-14(28)15-7-10-18(11-8-15)27-22(16-5-3-2-4-6-16)21-23(29)19-13-17(26)9-12-20(19)31-24(21)25(27)30/h2-13,22H,1H3. The number of hydrogen-bond acceptors (Lipinski definition) is 4. The first-order valence-corrected chi connectivity index (χ1v) is 9.71. The molecule has 31 heavy (non-hydrogen) atoms. The number of hydrogen-bond donors (Lipinski definition) is 0. The zero-order valence-corrected chi connectivity index (χ0v) is 16.5. The number of Topliss-reactive ketones (excluding diaryl/α,β-unsaturated/α-hetero) is 1.